The zero-order valence-corrected chi connectivity index (χ0v) is 10.2. The minimum atomic E-state index is -0.217. The summed E-state index contributed by atoms with van der Waals surface area (Å²) in [6, 6.07) is 2.07. The molecule has 2 nitrogen and oxygen atoms in total. The fraction of sp³-hybridized carbons (Fsp3) is 0.545. The van der Waals surface area contributed by atoms with Crippen LogP contribution in [-0.4, -0.2) is 16.2 Å². The van der Waals surface area contributed by atoms with E-state index in [-0.39, 0.29) is 6.10 Å². The van der Waals surface area contributed by atoms with Crippen LogP contribution in [0.15, 0.2) is 22.9 Å². The first-order valence-electron chi connectivity index (χ1n) is 4.85. The second-order valence-electron chi connectivity index (χ2n) is 3.91. The topological polar surface area (TPSA) is 33.1 Å². The first-order chi connectivity index (χ1) is 6.58. The summed E-state index contributed by atoms with van der Waals surface area (Å²) in [5.74, 6) is 0.492. The highest BCUT2D eigenvalue weighted by Gasteiger charge is 2.07. The predicted molar refractivity (Wildman–Crippen MR) is 61.1 cm³/mol. The van der Waals surface area contributed by atoms with Crippen molar-refractivity contribution in [3.63, 3.8) is 0 Å². The first-order valence-corrected chi connectivity index (χ1v) is 5.64. The van der Waals surface area contributed by atoms with E-state index in [0.29, 0.717) is 5.92 Å². The molecule has 0 radical (unpaired) electrons. The summed E-state index contributed by atoms with van der Waals surface area (Å²) in [4.78, 5) is 4.11. The number of aromatic nitrogens is 1. The summed E-state index contributed by atoms with van der Waals surface area (Å²) < 4.78 is 1.01. The van der Waals surface area contributed by atoms with E-state index in [4.69, 9.17) is 0 Å². The predicted octanol–water partition coefficient (Wildman–Crippen LogP) is 2.79. The molecule has 0 bridgehead atoms. The van der Waals surface area contributed by atoms with Gasteiger partial charge in [0.15, 0.2) is 0 Å². The van der Waals surface area contributed by atoms with Crippen LogP contribution in [0.4, 0.5) is 0 Å². The number of hydrogen-bond acceptors (Lipinski definition) is 2. The van der Waals surface area contributed by atoms with Gasteiger partial charge in [0.05, 0.1) is 6.10 Å². The molecule has 0 aliphatic rings. The Morgan fingerprint density at radius 2 is 2.14 bits per heavy atom. The highest BCUT2D eigenvalue weighted by atomic mass is 79.9. The van der Waals surface area contributed by atoms with Gasteiger partial charge in [0.1, 0.15) is 0 Å². The fourth-order valence-electron chi connectivity index (χ4n) is 1.64. The lowest BCUT2D eigenvalue weighted by Gasteiger charge is -2.12. The van der Waals surface area contributed by atoms with Crippen molar-refractivity contribution in [2.75, 3.05) is 0 Å². The Kier molecular flexibility index (Phi) is 4.55. The summed E-state index contributed by atoms with van der Waals surface area (Å²) in [6.07, 6.45) is 5.25. The zero-order valence-electron chi connectivity index (χ0n) is 8.57. The van der Waals surface area contributed by atoms with Gasteiger partial charge in [-0.1, -0.05) is 6.92 Å². The third kappa shape index (κ3) is 4.20. The number of aliphatic hydroxyl groups excluding tert-OH is 1. The molecule has 0 saturated carbocycles. The molecule has 1 aromatic rings. The van der Waals surface area contributed by atoms with Gasteiger partial charge < -0.3 is 5.11 Å². The van der Waals surface area contributed by atoms with E-state index in [1.807, 2.05) is 13.1 Å². The van der Waals surface area contributed by atoms with Crippen LogP contribution in [0, 0.1) is 5.92 Å². The number of hydrogen-bond donors (Lipinski definition) is 1. The maximum absolute atomic E-state index is 9.23. The van der Waals surface area contributed by atoms with Crippen molar-refractivity contribution >= 4 is 15.9 Å². The van der Waals surface area contributed by atoms with Gasteiger partial charge in [-0.3, -0.25) is 4.98 Å². The quantitative estimate of drug-likeness (QED) is 0.900. The third-order valence-electron chi connectivity index (χ3n) is 2.09. The van der Waals surface area contributed by atoms with Gasteiger partial charge in [0.2, 0.25) is 0 Å². The van der Waals surface area contributed by atoms with Crippen LogP contribution in [0.5, 0.6) is 0 Å². The second-order valence-corrected chi connectivity index (χ2v) is 4.82. The van der Waals surface area contributed by atoms with E-state index in [1.165, 1.54) is 5.56 Å². The van der Waals surface area contributed by atoms with Crippen molar-refractivity contribution in [2.24, 2.45) is 5.92 Å². The van der Waals surface area contributed by atoms with Gasteiger partial charge in [-0.15, -0.1) is 0 Å². The van der Waals surface area contributed by atoms with Crippen LogP contribution in [0.3, 0.4) is 0 Å². The number of pyridine rings is 1. The molecule has 2 atom stereocenters. The SMILES string of the molecule is CC(O)CC(C)Cc1cncc(Br)c1. The molecule has 1 rings (SSSR count). The molecular formula is C11H16BrNO. The number of aliphatic hydroxyl groups is 1. The lowest BCUT2D eigenvalue weighted by molar-refractivity contribution is 0.164. The zero-order chi connectivity index (χ0) is 10.6. The third-order valence-corrected chi connectivity index (χ3v) is 2.52. The van der Waals surface area contributed by atoms with E-state index in [0.717, 1.165) is 17.3 Å². The normalized spacial score (nSPS) is 15.1. The molecule has 0 amide bonds. The molecule has 14 heavy (non-hydrogen) atoms. The van der Waals surface area contributed by atoms with Crippen LogP contribution >= 0.6 is 15.9 Å². The van der Waals surface area contributed by atoms with E-state index in [1.54, 1.807) is 6.20 Å². The average Bonchev–Trinajstić information content (AvgIpc) is 2.01. The summed E-state index contributed by atoms with van der Waals surface area (Å²) in [6.45, 7) is 3.98. The van der Waals surface area contributed by atoms with E-state index in [9.17, 15) is 5.11 Å². The molecule has 0 spiro atoms. The Hall–Kier alpha value is -0.410. The minimum Gasteiger partial charge on any atom is -0.393 e. The standard InChI is InChI=1S/C11H16BrNO/c1-8(3-9(2)14)4-10-5-11(12)7-13-6-10/h5-9,14H,3-4H2,1-2H3. The van der Waals surface area contributed by atoms with Gasteiger partial charge in [-0.25, -0.2) is 0 Å². The molecule has 2 unspecified atom stereocenters. The Morgan fingerprint density at radius 1 is 1.43 bits per heavy atom. The van der Waals surface area contributed by atoms with Crippen molar-refractivity contribution in [3.8, 4) is 0 Å². The highest BCUT2D eigenvalue weighted by molar-refractivity contribution is 9.10. The van der Waals surface area contributed by atoms with E-state index < -0.39 is 0 Å². The maximum atomic E-state index is 9.23. The smallest absolute Gasteiger partial charge is 0.0514 e. The molecule has 0 aliphatic carbocycles. The number of rotatable bonds is 4. The minimum absolute atomic E-state index is 0.217. The maximum Gasteiger partial charge on any atom is 0.0514 e. The highest BCUT2D eigenvalue weighted by Crippen LogP contribution is 2.16. The van der Waals surface area contributed by atoms with Gasteiger partial charge in [-0.05, 0) is 53.2 Å². The molecule has 78 valence electrons. The Balaban J connectivity index is 2.51. The summed E-state index contributed by atoms with van der Waals surface area (Å²) >= 11 is 3.39. The van der Waals surface area contributed by atoms with Gasteiger partial charge >= 0.3 is 0 Å². The fourth-order valence-corrected chi connectivity index (χ4v) is 2.05. The first kappa shape index (κ1) is 11.7. The largest absolute Gasteiger partial charge is 0.393 e. The molecule has 1 heterocycles. The van der Waals surface area contributed by atoms with Gasteiger partial charge in [0.25, 0.3) is 0 Å². The van der Waals surface area contributed by atoms with E-state index in [2.05, 4.69) is 33.9 Å². The van der Waals surface area contributed by atoms with Crippen molar-refractivity contribution in [2.45, 2.75) is 32.8 Å². The molecule has 1 N–H and O–H groups in total. The lowest BCUT2D eigenvalue weighted by Crippen LogP contribution is -2.09. The molecule has 1 aromatic heterocycles. The Morgan fingerprint density at radius 3 is 2.71 bits per heavy atom. The Labute approximate surface area is 93.5 Å². The summed E-state index contributed by atoms with van der Waals surface area (Å²) in [7, 11) is 0. The van der Waals surface area contributed by atoms with Crippen LogP contribution < -0.4 is 0 Å². The molecule has 3 heteroatoms. The second kappa shape index (κ2) is 5.47. The molecule has 0 fully saturated rings. The van der Waals surface area contributed by atoms with Crippen molar-refractivity contribution in [1.82, 2.24) is 4.98 Å². The van der Waals surface area contributed by atoms with Crippen LogP contribution in [0.25, 0.3) is 0 Å². The molecule has 0 aromatic carbocycles. The van der Waals surface area contributed by atoms with Gasteiger partial charge in [-0.2, -0.15) is 0 Å². The van der Waals surface area contributed by atoms with Gasteiger partial charge in [0, 0.05) is 16.9 Å². The molecule has 0 saturated heterocycles. The van der Waals surface area contributed by atoms with Crippen molar-refractivity contribution in [3.05, 3.63) is 28.5 Å². The Bertz CT molecular complexity index is 288. The van der Waals surface area contributed by atoms with Crippen LogP contribution in [0.1, 0.15) is 25.8 Å². The summed E-state index contributed by atoms with van der Waals surface area (Å²) in [5.41, 5.74) is 1.22. The lowest BCUT2D eigenvalue weighted by atomic mass is 9.97. The average molecular weight is 258 g/mol. The van der Waals surface area contributed by atoms with Crippen LogP contribution in [0.2, 0.25) is 0 Å². The number of nitrogens with zero attached hydrogens (tertiary/aromatic N) is 1. The van der Waals surface area contributed by atoms with Crippen LogP contribution in [-0.2, 0) is 6.42 Å². The van der Waals surface area contributed by atoms with E-state index >= 15 is 0 Å². The molecular weight excluding hydrogens is 242 g/mol. The number of halogens is 1. The van der Waals surface area contributed by atoms with Crippen molar-refractivity contribution in [1.29, 1.82) is 0 Å². The monoisotopic (exact) mass is 257 g/mol. The summed E-state index contributed by atoms with van der Waals surface area (Å²) in [5, 5.41) is 9.23. The van der Waals surface area contributed by atoms with Crippen molar-refractivity contribution < 1.29 is 5.11 Å². The molecule has 0 aliphatic heterocycles.